The van der Waals surface area contributed by atoms with E-state index in [0.717, 1.165) is 32.0 Å². The number of piperazine rings is 1. The Kier molecular flexibility index (Phi) is 6.73. The number of hydrogen-bond donors (Lipinski definition) is 2. The molecule has 188 valence electrons. The number of aromatic hydroxyl groups is 1. The summed E-state index contributed by atoms with van der Waals surface area (Å²) < 4.78 is 14.8. The monoisotopic (exact) mass is 509 g/mol. The molecule has 36 heavy (non-hydrogen) atoms. The standard InChI is InChI=1S/C27H29ClFN5O2/c1-17(2)33-11-12-34(27(33)36)24-4-3-18(13-23(24)28)21-15-20(29)16-22(26(21)35)19-5-6-31-25(14-19)32-9-7-30-8-10-32/h3-6,13-17,30,35H,7-12H2,1-2H3. The fraction of sp³-hybridized carbons (Fsp3) is 0.333. The maximum absolute atomic E-state index is 14.8. The molecule has 0 spiro atoms. The van der Waals surface area contributed by atoms with Crippen LogP contribution in [-0.2, 0) is 0 Å². The van der Waals surface area contributed by atoms with Crippen LogP contribution in [0.5, 0.6) is 5.75 Å². The van der Waals surface area contributed by atoms with Gasteiger partial charge in [0, 0.05) is 62.6 Å². The quantitative estimate of drug-likeness (QED) is 0.508. The number of phenolic OH excluding ortho intramolecular Hbond substituents is 1. The number of nitrogens with zero attached hydrogens (tertiary/aromatic N) is 4. The predicted octanol–water partition coefficient (Wildman–Crippen LogP) is 4.97. The maximum atomic E-state index is 14.8. The molecule has 0 radical (unpaired) electrons. The first kappa shape index (κ1) is 24.3. The minimum absolute atomic E-state index is 0.0408. The number of carbonyl (C=O) groups is 1. The number of aromatic nitrogens is 1. The summed E-state index contributed by atoms with van der Waals surface area (Å²) in [5, 5.41) is 14.9. The summed E-state index contributed by atoms with van der Waals surface area (Å²) in [5.41, 5.74) is 2.54. The molecule has 7 nitrogen and oxygen atoms in total. The molecule has 0 saturated carbocycles. The highest BCUT2D eigenvalue weighted by Crippen LogP contribution is 2.42. The number of hydrogen-bond acceptors (Lipinski definition) is 5. The molecule has 0 aliphatic carbocycles. The first-order valence-electron chi connectivity index (χ1n) is 12.2. The van der Waals surface area contributed by atoms with Crippen LogP contribution in [0, 0.1) is 5.82 Å². The zero-order valence-corrected chi connectivity index (χ0v) is 21.1. The zero-order valence-electron chi connectivity index (χ0n) is 20.3. The number of urea groups is 1. The van der Waals surface area contributed by atoms with Gasteiger partial charge in [-0.3, -0.25) is 4.90 Å². The van der Waals surface area contributed by atoms with Crippen molar-refractivity contribution in [3.8, 4) is 28.0 Å². The third-order valence-electron chi connectivity index (χ3n) is 6.79. The molecule has 1 aromatic heterocycles. The first-order valence-corrected chi connectivity index (χ1v) is 12.5. The van der Waals surface area contributed by atoms with Crippen molar-refractivity contribution < 1.29 is 14.3 Å². The van der Waals surface area contributed by atoms with Gasteiger partial charge in [0.05, 0.1) is 10.7 Å². The van der Waals surface area contributed by atoms with Crippen molar-refractivity contribution in [2.24, 2.45) is 0 Å². The van der Waals surface area contributed by atoms with Gasteiger partial charge in [-0.25, -0.2) is 14.2 Å². The lowest BCUT2D eigenvalue weighted by Gasteiger charge is -2.28. The van der Waals surface area contributed by atoms with Crippen molar-refractivity contribution in [3.05, 3.63) is 59.5 Å². The second-order valence-electron chi connectivity index (χ2n) is 9.38. The largest absolute Gasteiger partial charge is 0.507 e. The van der Waals surface area contributed by atoms with Crippen molar-refractivity contribution in [2.45, 2.75) is 19.9 Å². The van der Waals surface area contributed by atoms with Gasteiger partial charge in [0.25, 0.3) is 0 Å². The van der Waals surface area contributed by atoms with E-state index in [-0.39, 0.29) is 17.8 Å². The SMILES string of the molecule is CC(C)N1CCN(c2ccc(-c3cc(F)cc(-c4ccnc(N5CCNCC5)c4)c3O)cc2Cl)C1=O. The minimum atomic E-state index is -0.471. The van der Waals surface area contributed by atoms with Crippen LogP contribution >= 0.6 is 11.6 Å². The Morgan fingerprint density at radius 2 is 1.69 bits per heavy atom. The summed E-state index contributed by atoms with van der Waals surface area (Å²) in [6.45, 7) is 8.53. The van der Waals surface area contributed by atoms with E-state index in [2.05, 4.69) is 15.2 Å². The van der Waals surface area contributed by atoms with Crippen molar-refractivity contribution in [1.82, 2.24) is 15.2 Å². The predicted molar refractivity (Wildman–Crippen MR) is 141 cm³/mol. The number of pyridine rings is 1. The fourth-order valence-corrected chi connectivity index (χ4v) is 5.12. The van der Waals surface area contributed by atoms with E-state index < -0.39 is 5.82 Å². The van der Waals surface area contributed by atoms with Gasteiger partial charge < -0.3 is 20.2 Å². The maximum Gasteiger partial charge on any atom is 0.324 e. The number of nitrogens with one attached hydrogen (secondary N) is 1. The number of amides is 2. The van der Waals surface area contributed by atoms with Gasteiger partial charge in [0.1, 0.15) is 17.4 Å². The van der Waals surface area contributed by atoms with Crippen molar-refractivity contribution >= 4 is 29.1 Å². The Balaban J connectivity index is 1.48. The van der Waals surface area contributed by atoms with Gasteiger partial charge in [0.15, 0.2) is 0 Å². The molecule has 2 aromatic carbocycles. The van der Waals surface area contributed by atoms with Crippen LogP contribution < -0.4 is 15.1 Å². The second kappa shape index (κ2) is 9.95. The number of carbonyl (C=O) groups excluding carboxylic acids is 1. The van der Waals surface area contributed by atoms with E-state index >= 15 is 0 Å². The van der Waals surface area contributed by atoms with Crippen LogP contribution in [-0.4, -0.2) is 66.3 Å². The minimum Gasteiger partial charge on any atom is -0.507 e. The number of anilines is 2. The lowest BCUT2D eigenvalue weighted by atomic mass is 9.97. The smallest absolute Gasteiger partial charge is 0.324 e. The van der Waals surface area contributed by atoms with Gasteiger partial charge in [-0.05, 0) is 61.4 Å². The molecule has 3 heterocycles. The molecule has 2 aliphatic rings. The van der Waals surface area contributed by atoms with Crippen molar-refractivity contribution in [1.29, 1.82) is 0 Å². The summed E-state index contributed by atoms with van der Waals surface area (Å²) in [5.74, 6) is 0.277. The molecule has 5 rings (SSSR count). The Morgan fingerprint density at radius 3 is 2.33 bits per heavy atom. The van der Waals surface area contributed by atoms with Crippen LogP contribution in [0.15, 0.2) is 48.7 Å². The van der Waals surface area contributed by atoms with E-state index in [0.29, 0.717) is 46.1 Å². The Morgan fingerprint density at radius 1 is 1.00 bits per heavy atom. The van der Waals surface area contributed by atoms with E-state index in [1.54, 1.807) is 40.3 Å². The topological polar surface area (TPSA) is 71.9 Å². The van der Waals surface area contributed by atoms with Crippen LogP contribution in [0.4, 0.5) is 20.7 Å². The number of phenols is 1. The molecule has 0 bridgehead atoms. The van der Waals surface area contributed by atoms with Crippen LogP contribution in [0.3, 0.4) is 0 Å². The zero-order chi connectivity index (χ0) is 25.4. The third kappa shape index (κ3) is 4.58. The Bertz CT molecular complexity index is 1300. The summed E-state index contributed by atoms with van der Waals surface area (Å²) in [4.78, 5) is 22.9. The Labute approximate surface area is 215 Å². The highest BCUT2D eigenvalue weighted by Gasteiger charge is 2.32. The van der Waals surface area contributed by atoms with Gasteiger partial charge in [-0.1, -0.05) is 17.7 Å². The highest BCUT2D eigenvalue weighted by molar-refractivity contribution is 6.34. The summed E-state index contributed by atoms with van der Waals surface area (Å²) in [6, 6.07) is 11.4. The second-order valence-corrected chi connectivity index (χ2v) is 9.78. The molecular weight excluding hydrogens is 481 g/mol. The number of benzene rings is 2. The molecule has 2 saturated heterocycles. The molecular formula is C27H29ClFN5O2. The van der Waals surface area contributed by atoms with E-state index in [4.69, 9.17) is 11.6 Å². The van der Waals surface area contributed by atoms with Gasteiger partial charge >= 0.3 is 6.03 Å². The van der Waals surface area contributed by atoms with Gasteiger partial charge in [-0.15, -0.1) is 0 Å². The summed E-state index contributed by atoms with van der Waals surface area (Å²) in [7, 11) is 0. The van der Waals surface area contributed by atoms with Crippen LogP contribution in [0.2, 0.25) is 5.02 Å². The molecule has 0 atom stereocenters. The normalized spacial score (nSPS) is 16.4. The van der Waals surface area contributed by atoms with Crippen LogP contribution in [0.25, 0.3) is 22.3 Å². The fourth-order valence-electron chi connectivity index (χ4n) is 4.84. The average molecular weight is 510 g/mol. The van der Waals surface area contributed by atoms with Gasteiger partial charge in [0.2, 0.25) is 0 Å². The molecule has 2 N–H and O–H groups in total. The number of halogens is 2. The summed E-state index contributed by atoms with van der Waals surface area (Å²) >= 11 is 6.60. The van der Waals surface area contributed by atoms with E-state index in [1.165, 1.54) is 12.1 Å². The lowest BCUT2D eigenvalue weighted by Crippen LogP contribution is -2.43. The lowest BCUT2D eigenvalue weighted by molar-refractivity contribution is 0.209. The molecule has 2 aliphatic heterocycles. The highest BCUT2D eigenvalue weighted by atomic mass is 35.5. The molecule has 9 heteroatoms. The third-order valence-corrected chi connectivity index (χ3v) is 7.09. The first-order chi connectivity index (χ1) is 17.3. The van der Waals surface area contributed by atoms with Gasteiger partial charge in [-0.2, -0.15) is 0 Å². The summed E-state index contributed by atoms with van der Waals surface area (Å²) in [6.07, 6.45) is 1.68. The van der Waals surface area contributed by atoms with Crippen LogP contribution in [0.1, 0.15) is 13.8 Å². The molecule has 0 unspecified atom stereocenters. The van der Waals surface area contributed by atoms with Crippen molar-refractivity contribution in [2.75, 3.05) is 49.1 Å². The molecule has 2 fully saturated rings. The van der Waals surface area contributed by atoms with E-state index in [1.807, 2.05) is 19.9 Å². The van der Waals surface area contributed by atoms with Crippen molar-refractivity contribution in [3.63, 3.8) is 0 Å². The van der Waals surface area contributed by atoms with E-state index in [9.17, 15) is 14.3 Å². The number of rotatable bonds is 5. The Hall–Kier alpha value is -3.36. The molecule has 2 amide bonds. The molecule has 3 aromatic rings. The average Bonchev–Trinajstić information content (AvgIpc) is 3.27.